The molecule has 6 heteroatoms. The van der Waals surface area contributed by atoms with Crippen LogP contribution >= 0.6 is 0 Å². The number of aromatic nitrogens is 2. The van der Waals surface area contributed by atoms with Gasteiger partial charge in [-0.15, -0.1) is 0 Å². The molecule has 0 radical (unpaired) electrons. The third kappa shape index (κ3) is 2.42. The second-order valence-corrected chi connectivity index (χ2v) is 4.44. The number of hydrogen-bond donors (Lipinski definition) is 1. The predicted molar refractivity (Wildman–Crippen MR) is 73.7 cm³/mol. The molecule has 0 bridgehead atoms. The molecule has 2 N–H and O–H groups in total. The molecule has 0 aliphatic heterocycles. The summed E-state index contributed by atoms with van der Waals surface area (Å²) in [5.41, 5.74) is 7.32. The molecule has 0 saturated heterocycles. The lowest BCUT2D eigenvalue weighted by Crippen LogP contribution is -2.04. The Labute approximate surface area is 111 Å². The Kier molecular flexibility index (Phi) is 3.50. The molecule has 0 spiro atoms. The lowest BCUT2D eigenvalue weighted by molar-refractivity contribution is -0.384. The summed E-state index contributed by atoms with van der Waals surface area (Å²) in [4.78, 5) is 10.6. The van der Waals surface area contributed by atoms with Gasteiger partial charge in [-0.2, -0.15) is 5.10 Å². The van der Waals surface area contributed by atoms with Gasteiger partial charge in [0.05, 0.1) is 16.2 Å². The summed E-state index contributed by atoms with van der Waals surface area (Å²) in [6.45, 7) is 4.07. The largest absolute Gasteiger partial charge is 0.396 e. The highest BCUT2D eigenvalue weighted by atomic mass is 16.6. The molecule has 2 aromatic rings. The van der Waals surface area contributed by atoms with Crippen LogP contribution in [0.15, 0.2) is 30.5 Å². The van der Waals surface area contributed by atoms with E-state index < -0.39 is 4.92 Å². The molecule has 1 aromatic carbocycles. The van der Waals surface area contributed by atoms with Gasteiger partial charge in [-0.05, 0) is 19.4 Å². The van der Waals surface area contributed by atoms with E-state index in [1.54, 1.807) is 29.1 Å². The third-order valence-electron chi connectivity index (χ3n) is 3.16. The predicted octanol–water partition coefficient (Wildman–Crippen LogP) is 3.01. The van der Waals surface area contributed by atoms with E-state index in [-0.39, 0.29) is 11.7 Å². The highest BCUT2D eigenvalue weighted by Crippen LogP contribution is 2.32. The van der Waals surface area contributed by atoms with Gasteiger partial charge in [0.15, 0.2) is 0 Å². The summed E-state index contributed by atoms with van der Waals surface area (Å²) in [5, 5.41) is 15.4. The lowest BCUT2D eigenvalue weighted by Gasteiger charge is -2.07. The minimum Gasteiger partial charge on any atom is -0.396 e. The van der Waals surface area contributed by atoms with Crippen LogP contribution in [0.2, 0.25) is 0 Å². The van der Waals surface area contributed by atoms with Crippen LogP contribution in [-0.4, -0.2) is 14.7 Å². The summed E-state index contributed by atoms with van der Waals surface area (Å²) in [5.74, 6) is 0. The molecule has 6 nitrogen and oxygen atoms in total. The maximum absolute atomic E-state index is 11.0. The molecular weight excluding hydrogens is 244 g/mol. The van der Waals surface area contributed by atoms with Crippen LogP contribution in [0, 0.1) is 10.1 Å². The molecule has 0 fully saturated rings. The monoisotopic (exact) mass is 260 g/mol. The van der Waals surface area contributed by atoms with Gasteiger partial charge in [-0.1, -0.05) is 19.1 Å². The van der Waals surface area contributed by atoms with Crippen molar-refractivity contribution in [2.75, 3.05) is 5.73 Å². The first kappa shape index (κ1) is 13.1. The zero-order valence-corrected chi connectivity index (χ0v) is 10.9. The molecule has 0 aliphatic rings. The zero-order chi connectivity index (χ0) is 14.0. The second kappa shape index (κ2) is 5.09. The van der Waals surface area contributed by atoms with Crippen molar-refractivity contribution in [3.63, 3.8) is 0 Å². The van der Waals surface area contributed by atoms with Crippen LogP contribution in [-0.2, 0) is 0 Å². The number of hydrogen-bond acceptors (Lipinski definition) is 4. The van der Waals surface area contributed by atoms with E-state index >= 15 is 0 Å². The molecule has 2 rings (SSSR count). The lowest BCUT2D eigenvalue weighted by atomic mass is 10.1. The smallest absolute Gasteiger partial charge is 0.278 e. The van der Waals surface area contributed by atoms with Gasteiger partial charge < -0.3 is 5.73 Å². The van der Waals surface area contributed by atoms with E-state index in [4.69, 9.17) is 5.73 Å². The van der Waals surface area contributed by atoms with Gasteiger partial charge in [0.1, 0.15) is 5.69 Å². The van der Waals surface area contributed by atoms with Gasteiger partial charge in [-0.25, -0.2) is 0 Å². The van der Waals surface area contributed by atoms with Crippen molar-refractivity contribution in [1.82, 2.24) is 9.78 Å². The highest BCUT2D eigenvalue weighted by Gasteiger charge is 2.20. The quantitative estimate of drug-likeness (QED) is 0.676. The Morgan fingerprint density at radius 2 is 2.16 bits per heavy atom. The van der Waals surface area contributed by atoms with Crippen molar-refractivity contribution >= 4 is 11.4 Å². The minimum atomic E-state index is -0.420. The van der Waals surface area contributed by atoms with E-state index in [2.05, 4.69) is 5.10 Å². The standard InChI is InChI=1S/C13H16N4O2/c1-3-9(2)16-8-11(14)13(15-16)10-6-4-5-7-12(10)17(18)19/h4-9H,3,14H2,1-2H3. The molecule has 1 atom stereocenters. The number of nitrogens with two attached hydrogens (primary N) is 1. The van der Waals surface area contributed by atoms with Crippen molar-refractivity contribution in [1.29, 1.82) is 0 Å². The molecule has 1 aromatic heterocycles. The topological polar surface area (TPSA) is 87.0 Å². The Balaban J connectivity index is 2.54. The first-order chi connectivity index (χ1) is 9.04. The van der Waals surface area contributed by atoms with E-state index in [0.29, 0.717) is 16.9 Å². The minimum absolute atomic E-state index is 0.0172. The van der Waals surface area contributed by atoms with Crippen LogP contribution in [0.1, 0.15) is 26.3 Å². The van der Waals surface area contributed by atoms with Crippen molar-refractivity contribution in [2.45, 2.75) is 26.3 Å². The van der Waals surface area contributed by atoms with Crippen LogP contribution in [0.3, 0.4) is 0 Å². The van der Waals surface area contributed by atoms with E-state index in [0.717, 1.165) is 6.42 Å². The molecule has 1 heterocycles. The van der Waals surface area contributed by atoms with Crippen LogP contribution in [0.5, 0.6) is 0 Å². The number of benzene rings is 1. The molecule has 19 heavy (non-hydrogen) atoms. The van der Waals surface area contributed by atoms with Crippen molar-refractivity contribution in [2.24, 2.45) is 0 Å². The summed E-state index contributed by atoms with van der Waals surface area (Å²) in [6, 6.07) is 6.70. The molecular formula is C13H16N4O2. The molecule has 100 valence electrons. The van der Waals surface area contributed by atoms with Crippen molar-refractivity contribution < 1.29 is 4.92 Å². The van der Waals surface area contributed by atoms with Crippen LogP contribution < -0.4 is 5.73 Å². The first-order valence-corrected chi connectivity index (χ1v) is 6.13. The Morgan fingerprint density at radius 1 is 1.47 bits per heavy atom. The molecule has 1 unspecified atom stereocenters. The maximum atomic E-state index is 11.0. The van der Waals surface area contributed by atoms with Crippen molar-refractivity contribution in [3.05, 3.63) is 40.6 Å². The average molecular weight is 260 g/mol. The zero-order valence-electron chi connectivity index (χ0n) is 10.9. The summed E-state index contributed by atoms with van der Waals surface area (Å²) in [6.07, 6.45) is 2.64. The molecule has 0 amide bonds. The van der Waals surface area contributed by atoms with Gasteiger partial charge in [0.25, 0.3) is 5.69 Å². The Hall–Kier alpha value is -2.37. The maximum Gasteiger partial charge on any atom is 0.278 e. The SMILES string of the molecule is CCC(C)n1cc(N)c(-c2ccccc2[N+](=O)[O-])n1. The fourth-order valence-corrected chi connectivity index (χ4v) is 1.86. The fourth-order valence-electron chi connectivity index (χ4n) is 1.86. The Bertz CT molecular complexity index is 606. The van der Waals surface area contributed by atoms with Gasteiger partial charge in [0, 0.05) is 18.3 Å². The first-order valence-electron chi connectivity index (χ1n) is 6.13. The van der Waals surface area contributed by atoms with Crippen LogP contribution in [0.25, 0.3) is 11.3 Å². The molecule has 0 saturated carbocycles. The normalized spacial score (nSPS) is 12.3. The number of rotatable bonds is 4. The number of nitro groups is 1. The highest BCUT2D eigenvalue weighted by molar-refractivity contribution is 5.78. The number of anilines is 1. The fraction of sp³-hybridized carbons (Fsp3) is 0.308. The summed E-state index contributed by atoms with van der Waals surface area (Å²) >= 11 is 0. The summed E-state index contributed by atoms with van der Waals surface area (Å²) < 4.78 is 1.75. The second-order valence-electron chi connectivity index (χ2n) is 4.44. The summed E-state index contributed by atoms with van der Waals surface area (Å²) in [7, 11) is 0. The number of nitro benzene ring substituents is 1. The van der Waals surface area contributed by atoms with E-state index in [9.17, 15) is 10.1 Å². The average Bonchev–Trinajstić information content (AvgIpc) is 2.79. The third-order valence-corrected chi connectivity index (χ3v) is 3.16. The number of para-hydroxylation sites is 1. The number of nitrogen functional groups attached to an aromatic ring is 1. The van der Waals surface area contributed by atoms with E-state index in [1.165, 1.54) is 6.07 Å². The van der Waals surface area contributed by atoms with Crippen LogP contribution in [0.4, 0.5) is 11.4 Å². The van der Waals surface area contributed by atoms with E-state index in [1.807, 2.05) is 13.8 Å². The van der Waals surface area contributed by atoms with Crippen molar-refractivity contribution in [3.8, 4) is 11.3 Å². The van der Waals surface area contributed by atoms with Gasteiger partial charge in [-0.3, -0.25) is 14.8 Å². The van der Waals surface area contributed by atoms with Gasteiger partial charge >= 0.3 is 0 Å². The Morgan fingerprint density at radius 3 is 2.79 bits per heavy atom. The molecule has 0 aliphatic carbocycles. The van der Waals surface area contributed by atoms with Gasteiger partial charge in [0.2, 0.25) is 0 Å². The number of nitrogens with zero attached hydrogens (tertiary/aromatic N) is 3.